The van der Waals surface area contributed by atoms with E-state index >= 15 is 0 Å². The van der Waals surface area contributed by atoms with Gasteiger partial charge in [-0.3, -0.25) is 9.38 Å². The van der Waals surface area contributed by atoms with Gasteiger partial charge in [-0.2, -0.15) is 0 Å². The first kappa shape index (κ1) is 17.5. The number of nitrogens with zero attached hydrogens (tertiary/aromatic N) is 6. The number of rotatable bonds is 4. The standard InChI is InChI=1S/C25H27ClN8S/c1-15-20(35-18-5-9-30-22(28-2)19(18)26)23-31-10-13-34(23)24(32-15)33-11-6-25(7-12-33)14-17-16(21(25)27)4-3-8-29-17/h3-5,8-10,13,21H,6-7,11-12,14,27H2,1-2H3,(H,28,30)/t21-/m1/s1/i1D3,2D2. The molecule has 5 heterocycles. The maximum absolute atomic E-state index is 8.31. The molecule has 0 amide bonds. The monoisotopic (exact) mass is 511 g/mol. The number of anilines is 2. The van der Waals surface area contributed by atoms with Crippen LogP contribution in [0.5, 0.6) is 0 Å². The highest BCUT2D eigenvalue weighted by atomic mass is 35.5. The van der Waals surface area contributed by atoms with Crippen LogP contribution in [0.15, 0.2) is 52.8 Å². The van der Waals surface area contributed by atoms with Crippen molar-refractivity contribution >= 4 is 40.8 Å². The molecule has 4 aromatic heterocycles. The molecule has 1 aliphatic heterocycles. The van der Waals surface area contributed by atoms with Crippen LogP contribution >= 0.6 is 23.4 Å². The summed E-state index contributed by atoms with van der Waals surface area (Å²) < 4.78 is 41.7. The van der Waals surface area contributed by atoms with Crippen LogP contribution < -0.4 is 16.0 Å². The molecule has 2 aliphatic rings. The van der Waals surface area contributed by atoms with E-state index in [1.165, 1.54) is 6.20 Å². The average molecular weight is 512 g/mol. The van der Waals surface area contributed by atoms with Crippen LogP contribution in [0.25, 0.3) is 5.65 Å². The summed E-state index contributed by atoms with van der Waals surface area (Å²) in [6.45, 7) is -2.55. The minimum atomic E-state index is -2.52. The third-order valence-electron chi connectivity index (χ3n) is 7.17. The van der Waals surface area contributed by atoms with Crippen LogP contribution in [-0.4, -0.2) is 44.4 Å². The summed E-state index contributed by atoms with van der Waals surface area (Å²) in [6.07, 6.45) is 9.21. The molecule has 1 saturated heterocycles. The van der Waals surface area contributed by atoms with Crippen molar-refractivity contribution in [3.8, 4) is 0 Å². The van der Waals surface area contributed by atoms with E-state index in [1.54, 1.807) is 18.5 Å². The number of nitrogens with two attached hydrogens (primary N) is 1. The SMILES string of the molecule is [2H]C([2H])Nc1nccc(Sc2c(C([2H])([2H])[2H])nc(N3CCC4(CC3)Cc3ncccc3[C@H]4N)n3ccnc23)c1Cl. The molecule has 1 atom stereocenters. The summed E-state index contributed by atoms with van der Waals surface area (Å²) in [5.74, 6) is 0.695. The van der Waals surface area contributed by atoms with Crippen LogP contribution in [-0.2, 0) is 6.42 Å². The predicted octanol–water partition coefficient (Wildman–Crippen LogP) is 4.52. The summed E-state index contributed by atoms with van der Waals surface area (Å²) in [7, 11) is 0. The zero-order valence-electron chi connectivity index (χ0n) is 23.8. The van der Waals surface area contributed by atoms with Gasteiger partial charge in [0.1, 0.15) is 5.82 Å². The van der Waals surface area contributed by atoms with E-state index in [0.717, 1.165) is 42.3 Å². The summed E-state index contributed by atoms with van der Waals surface area (Å²) in [5.41, 5.74) is 9.23. The average Bonchev–Trinajstić information content (AvgIpc) is 3.50. The lowest BCUT2D eigenvalue weighted by Crippen LogP contribution is -2.45. The molecule has 4 aromatic rings. The molecule has 35 heavy (non-hydrogen) atoms. The van der Waals surface area contributed by atoms with Gasteiger partial charge < -0.3 is 16.0 Å². The van der Waals surface area contributed by atoms with E-state index in [1.807, 2.05) is 16.7 Å². The van der Waals surface area contributed by atoms with Gasteiger partial charge in [0.25, 0.3) is 0 Å². The fourth-order valence-electron chi connectivity index (χ4n) is 5.27. The van der Waals surface area contributed by atoms with Gasteiger partial charge in [0.05, 0.1) is 15.6 Å². The number of hydrogen-bond donors (Lipinski definition) is 2. The first-order valence-electron chi connectivity index (χ1n) is 14.0. The lowest BCUT2D eigenvalue weighted by Gasteiger charge is -2.42. The molecule has 6 rings (SSSR count). The quantitative estimate of drug-likeness (QED) is 0.413. The molecule has 0 unspecified atom stereocenters. The lowest BCUT2D eigenvalue weighted by molar-refractivity contribution is 0.186. The molecule has 0 radical (unpaired) electrons. The van der Waals surface area contributed by atoms with Gasteiger partial charge in [-0.25, -0.2) is 15.0 Å². The molecule has 180 valence electrons. The highest BCUT2D eigenvalue weighted by Crippen LogP contribution is 2.50. The van der Waals surface area contributed by atoms with Crippen molar-refractivity contribution in [1.82, 2.24) is 24.3 Å². The Morgan fingerprint density at radius 3 is 2.89 bits per heavy atom. The van der Waals surface area contributed by atoms with Gasteiger partial charge >= 0.3 is 0 Å². The van der Waals surface area contributed by atoms with Gasteiger partial charge in [-0.15, -0.1) is 0 Å². The number of fused-ring (bicyclic) bond motifs is 2. The molecule has 0 saturated carbocycles. The van der Waals surface area contributed by atoms with Crippen molar-refractivity contribution in [3.63, 3.8) is 0 Å². The Kier molecular flexibility index (Phi) is 4.33. The Labute approximate surface area is 220 Å². The van der Waals surface area contributed by atoms with E-state index in [2.05, 4.69) is 31.2 Å². The van der Waals surface area contributed by atoms with Gasteiger partial charge in [0.15, 0.2) is 5.65 Å². The number of aryl methyl sites for hydroxylation is 1. The summed E-state index contributed by atoms with van der Waals surface area (Å²) in [4.78, 5) is 20.9. The molecule has 3 N–H and O–H groups in total. The van der Waals surface area contributed by atoms with Crippen molar-refractivity contribution in [2.24, 2.45) is 11.1 Å². The number of pyridine rings is 2. The second kappa shape index (κ2) is 8.65. The molecule has 1 aliphatic carbocycles. The first-order valence-corrected chi connectivity index (χ1v) is 12.5. The third kappa shape index (κ3) is 3.64. The second-order valence-corrected chi connectivity index (χ2v) is 10.4. The largest absolute Gasteiger partial charge is 0.372 e. The molecule has 10 heteroatoms. The lowest BCUT2D eigenvalue weighted by atomic mass is 9.73. The van der Waals surface area contributed by atoms with E-state index in [0.29, 0.717) is 34.5 Å². The zero-order chi connectivity index (χ0) is 28.2. The van der Waals surface area contributed by atoms with Gasteiger partial charge in [-0.1, -0.05) is 29.4 Å². The Balaban J connectivity index is 1.35. The number of aromatic nitrogens is 5. The van der Waals surface area contributed by atoms with Gasteiger partial charge in [0, 0.05) is 68.4 Å². The highest BCUT2D eigenvalue weighted by molar-refractivity contribution is 7.99. The minimum Gasteiger partial charge on any atom is -0.372 e. The maximum atomic E-state index is 8.31. The summed E-state index contributed by atoms with van der Waals surface area (Å²) in [5, 5.41) is 2.75. The molecule has 0 aromatic carbocycles. The Morgan fingerprint density at radius 2 is 2.09 bits per heavy atom. The van der Waals surface area contributed by atoms with Crippen molar-refractivity contribution in [3.05, 3.63) is 65.0 Å². The van der Waals surface area contributed by atoms with Crippen molar-refractivity contribution in [2.45, 2.75) is 41.9 Å². The number of nitrogens with one attached hydrogen (secondary N) is 1. The van der Waals surface area contributed by atoms with E-state index in [4.69, 9.17) is 29.2 Å². The third-order valence-corrected chi connectivity index (χ3v) is 8.81. The summed E-state index contributed by atoms with van der Waals surface area (Å²) >= 11 is 7.65. The van der Waals surface area contributed by atoms with Crippen LogP contribution in [0.2, 0.25) is 5.02 Å². The smallest absolute Gasteiger partial charge is 0.211 e. The summed E-state index contributed by atoms with van der Waals surface area (Å²) in [6, 6.07) is 5.57. The van der Waals surface area contributed by atoms with Crippen molar-refractivity contribution in [2.75, 3.05) is 30.3 Å². The van der Waals surface area contributed by atoms with Crippen molar-refractivity contribution in [1.29, 1.82) is 0 Å². The number of imidazole rings is 1. The Hall–Kier alpha value is -2.88. The highest BCUT2D eigenvalue weighted by Gasteiger charge is 2.46. The molecule has 1 spiro atoms. The fraction of sp³-hybridized carbons (Fsp3) is 0.360. The number of piperidine rings is 1. The van der Waals surface area contributed by atoms with Crippen LogP contribution in [0.4, 0.5) is 11.8 Å². The predicted molar refractivity (Wildman–Crippen MR) is 139 cm³/mol. The Morgan fingerprint density at radius 1 is 1.20 bits per heavy atom. The number of halogens is 1. The fourth-order valence-corrected chi connectivity index (χ4v) is 6.47. The second-order valence-electron chi connectivity index (χ2n) is 8.97. The van der Waals surface area contributed by atoms with Crippen LogP contribution in [0, 0.1) is 12.3 Å². The molecular weight excluding hydrogens is 480 g/mol. The minimum absolute atomic E-state index is 0.0677. The topological polar surface area (TPSA) is 97.3 Å². The van der Waals surface area contributed by atoms with Crippen molar-refractivity contribution < 1.29 is 6.85 Å². The van der Waals surface area contributed by atoms with E-state index < -0.39 is 13.9 Å². The molecular formula is C25H27ClN8S. The molecule has 8 nitrogen and oxygen atoms in total. The normalized spacial score (nSPS) is 21.4. The number of hydrogen-bond acceptors (Lipinski definition) is 8. The van der Waals surface area contributed by atoms with Crippen LogP contribution in [0.1, 0.15) is 42.7 Å². The van der Waals surface area contributed by atoms with E-state index in [-0.39, 0.29) is 28.0 Å². The van der Waals surface area contributed by atoms with Gasteiger partial charge in [-0.05, 0) is 49.2 Å². The Bertz CT molecular complexity index is 1570. The maximum Gasteiger partial charge on any atom is 0.211 e. The van der Waals surface area contributed by atoms with Crippen LogP contribution in [0.3, 0.4) is 0 Å². The first-order chi connectivity index (χ1) is 19.1. The molecule has 1 fully saturated rings. The van der Waals surface area contributed by atoms with Gasteiger partial charge in [0.2, 0.25) is 5.95 Å². The molecule has 0 bridgehead atoms. The zero-order valence-corrected chi connectivity index (χ0v) is 20.4. The van der Waals surface area contributed by atoms with E-state index in [9.17, 15) is 0 Å².